The smallest absolute Gasteiger partial charge is 0.309 e. The van der Waals surface area contributed by atoms with Crippen LogP contribution in [0.3, 0.4) is 0 Å². The van der Waals surface area contributed by atoms with Gasteiger partial charge in [-0.15, -0.1) is 0 Å². The predicted molar refractivity (Wildman–Crippen MR) is 65.1 cm³/mol. The number of aliphatic carboxylic acids is 1. The van der Waals surface area contributed by atoms with Gasteiger partial charge in [0.1, 0.15) is 0 Å². The Morgan fingerprint density at radius 1 is 1.39 bits per heavy atom. The van der Waals surface area contributed by atoms with Crippen LogP contribution in [-0.4, -0.2) is 48.2 Å². The molecule has 2 fully saturated rings. The quantitative estimate of drug-likeness (QED) is 0.821. The molecule has 0 radical (unpaired) electrons. The van der Waals surface area contributed by atoms with Gasteiger partial charge in [0.2, 0.25) is 5.91 Å². The summed E-state index contributed by atoms with van der Waals surface area (Å²) < 4.78 is 5.23. The third-order valence-corrected chi connectivity index (χ3v) is 4.44. The summed E-state index contributed by atoms with van der Waals surface area (Å²) >= 11 is 0. The summed E-state index contributed by atoms with van der Waals surface area (Å²) in [6, 6.07) is 0. The highest BCUT2D eigenvalue weighted by Gasteiger charge is 2.41. The lowest BCUT2D eigenvalue weighted by molar-refractivity contribution is -0.155. The average molecular weight is 255 g/mol. The largest absolute Gasteiger partial charge is 0.481 e. The van der Waals surface area contributed by atoms with Crippen LogP contribution >= 0.6 is 0 Å². The van der Waals surface area contributed by atoms with Crippen LogP contribution in [0.2, 0.25) is 0 Å². The van der Waals surface area contributed by atoms with Gasteiger partial charge >= 0.3 is 5.97 Å². The highest BCUT2D eigenvalue weighted by atomic mass is 16.5. The first kappa shape index (κ1) is 13.3. The molecule has 2 saturated heterocycles. The third-order valence-electron chi connectivity index (χ3n) is 4.44. The second kappa shape index (κ2) is 5.26. The molecule has 1 atom stereocenters. The molecule has 1 unspecified atom stereocenters. The molecule has 5 nitrogen and oxygen atoms in total. The van der Waals surface area contributed by atoms with E-state index in [4.69, 9.17) is 4.74 Å². The minimum atomic E-state index is -0.721. The van der Waals surface area contributed by atoms with Crippen LogP contribution in [0.25, 0.3) is 0 Å². The Kier molecular flexibility index (Phi) is 3.90. The second-order valence-electron chi connectivity index (χ2n) is 5.32. The monoisotopic (exact) mass is 255 g/mol. The standard InChI is InChI=1S/C13H21NO4/c1-2-13(12(16)17)4-6-14(7-5-13)11(15)10-3-8-18-9-10/h10H,2-9H2,1H3,(H,16,17). The topological polar surface area (TPSA) is 66.8 Å². The highest BCUT2D eigenvalue weighted by Crippen LogP contribution is 2.35. The molecule has 2 rings (SSSR count). The van der Waals surface area contributed by atoms with Gasteiger partial charge in [-0.25, -0.2) is 0 Å². The van der Waals surface area contributed by atoms with Crippen LogP contribution in [0, 0.1) is 11.3 Å². The first-order valence-electron chi connectivity index (χ1n) is 6.69. The molecular formula is C13H21NO4. The Labute approximate surface area is 107 Å². The van der Waals surface area contributed by atoms with Gasteiger partial charge in [-0.05, 0) is 25.7 Å². The number of carboxylic acid groups (broad SMARTS) is 1. The van der Waals surface area contributed by atoms with Gasteiger partial charge in [0.05, 0.1) is 17.9 Å². The van der Waals surface area contributed by atoms with E-state index in [0.29, 0.717) is 45.6 Å². The summed E-state index contributed by atoms with van der Waals surface area (Å²) in [5, 5.41) is 9.30. The molecule has 18 heavy (non-hydrogen) atoms. The molecule has 5 heteroatoms. The summed E-state index contributed by atoms with van der Waals surface area (Å²) in [6.45, 7) is 4.23. The molecule has 2 heterocycles. The summed E-state index contributed by atoms with van der Waals surface area (Å²) in [6.07, 6.45) is 2.57. The lowest BCUT2D eigenvalue weighted by atomic mass is 9.76. The predicted octanol–water partition coefficient (Wildman–Crippen LogP) is 1.13. The lowest BCUT2D eigenvalue weighted by Crippen LogP contribution is -2.48. The molecule has 0 bridgehead atoms. The number of hydrogen-bond acceptors (Lipinski definition) is 3. The second-order valence-corrected chi connectivity index (χ2v) is 5.32. The minimum Gasteiger partial charge on any atom is -0.481 e. The fourth-order valence-corrected chi connectivity index (χ4v) is 2.86. The molecule has 2 aliphatic heterocycles. The van der Waals surface area contributed by atoms with Gasteiger partial charge in [0.15, 0.2) is 0 Å². The molecule has 1 N–H and O–H groups in total. The maximum absolute atomic E-state index is 12.2. The molecule has 102 valence electrons. The lowest BCUT2D eigenvalue weighted by Gasteiger charge is -2.39. The van der Waals surface area contributed by atoms with Crippen molar-refractivity contribution in [3.8, 4) is 0 Å². The maximum atomic E-state index is 12.2. The van der Waals surface area contributed by atoms with Crippen molar-refractivity contribution < 1.29 is 19.4 Å². The van der Waals surface area contributed by atoms with Crippen LogP contribution < -0.4 is 0 Å². The summed E-state index contributed by atoms with van der Waals surface area (Å²) in [7, 11) is 0. The number of carboxylic acids is 1. The number of carbonyl (C=O) groups is 2. The Hall–Kier alpha value is -1.10. The molecule has 0 aromatic rings. The number of rotatable bonds is 3. The fraction of sp³-hybridized carbons (Fsp3) is 0.846. The van der Waals surface area contributed by atoms with Crippen molar-refractivity contribution in [2.75, 3.05) is 26.3 Å². The number of likely N-dealkylation sites (tertiary alicyclic amines) is 1. The summed E-state index contributed by atoms with van der Waals surface area (Å²) in [5.74, 6) is -0.590. The number of ether oxygens (including phenoxy) is 1. The van der Waals surface area contributed by atoms with Crippen molar-refractivity contribution in [1.82, 2.24) is 4.90 Å². The Morgan fingerprint density at radius 3 is 2.50 bits per heavy atom. The van der Waals surface area contributed by atoms with E-state index < -0.39 is 11.4 Å². The molecule has 0 aliphatic carbocycles. The number of nitrogens with zero attached hydrogens (tertiary/aromatic N) is 1. The average Bonchev–Trinajstić information content (AvgIpc) is 2.91. The fourth-order valence-electron chi connectivity index (χ4n) is 2.86. The first-order valence-corrected chi connectivity index (χ1v) is 6.69. The number of hydrogen-bond donors (Lipinski definition) is 1. The van der Waals surface area contributed by atoms with Crippen LogP contribution in [0.5, 0.6) is 0 Å². The molecule has 0 aromatic carbocycles. The third kappa shape index (κ3) is 2.36. The van der Waals surface area contributed by atoms with Crippen molar-refractivity contribution in [3.05, 3.63) is 0 Å². The van der Waals surface area contributed by atoms with Crippen molar-refractivity contribution in [2.45, 2.75) is 32.6 Å². The van der Waals surface area contributed by atoms with E-state index in [0.717, 1.165) is 6.42 Å². The molecule has 0 saturated carbocycles. The minimum absolute atomic E-state index is 0.0102. The van der Waals surface area contributed by atoms with Crippen LogP contribution in [0.4, 0.5) is 0 Å². The number of carbonyl (C=O) groups excluding carboxylic acids is 1. The van der Waals surface area contributed by atoms with E-state index in [-0.39, 0.29) is 11.8 Å². The highest BCUT2D eigenvalue weighted by molar-refractivity contribution is 5.80. The zero-order valence-corrected chi connectivity index (χ0v) is 10.9. The molecule has 0 aromatic heterocycles. The van der Waals surface area contributed by atoms with Crippen molar-refractivity contribution >= 4 is 11.9 Å². The van der Waals surface area contributed by atoms with E-state index in [1.807, 2.05) is 11.8 Å². The van der Waals surface area contributed by atoms with Crippen molar-refractivity contribution in [2.24, 2.45) is 11.3 Å². The van der Waals surface area contributed by atoms with E-state index in [1.165, 1.54) is 0 Å². The van der Waals surface area contributed by atoms with E-state index in [9.17, 15) is 14.7 Å². The molecule has 2 aliphatic rings. The van der Waals surface area contributed by atoms with E-state index in [1.54, 1.807) is 0 Å². The zero-order chi connectivity index (χ0) is 13.2. The van der Waals surface area contributed by atoms with Crippen molar-refractivity contribution in [1.29, 1.82) is 0 Å². The summed E-state index contributed by atoms with van der Waals surface area (Å²) in [4.78, 5) is 25.3. The Morgan fingerprint density at radius 2 is 2.06 bits per heavy atom. The first-order chi connectivity index (χ1) is 8.59. The zero-order valence-electron chi connectivity index (χ0n) is 10.9. The van der Waals surface area contributed by atoms with Crippen LogP contribution in [0.1, 0.15) is 32.6 Å². The Balaban J connectivity index is 1.93. The van der Waals surface area contributed by atoms with Gasteiger partial charge in [0, 0.05) is 19.7 Å². The normalized spacial score (nSPS) is 27.2. The number of piperidine rings is 1. The van der Waals surface area contributed by atoms with E-state index in [2.05, 4.69) is 0 Å². The van der Waals surface area contributed by atoms with Crippen LogP contribution in [-0.2, 0) is 14.3 Å². The van der Waals surface area contributed by atoms with Gasteiger partial charge in [-0.1, -0.05) is 6.92 Å². The molecule has 0 spiro atoms. The van der Waals surface area contributed by atoms with Gasteiger partial charge in [-0.3, -0.25) is 9.59 Å². The molecular weight excluding hydrogens is 234 g/mol. The SMILES string of the molecule is CCC1(C(=O)O)CCN(C(=O)C2CCOC2)CC1. The molecule has 1 amide bonds. The van der Waals surface area contributed by atoms with Gasteiger partial charge < -0.3 is 14.7 Å². The van der Waals surface area contributed by atoms with Gasteiger partial charge in [-0.2, -0.15) is 0 Å². The van der Waals surface area contributed by atoms with Crippen LogP contribution in [0.15, 0.2) is 0 Å². The summed E-state index contributed by atoms with van der Waals surface area (Å²) in [5.41, 5.74) is -0.622. The Bertz CT molecular complexity index is 328. The number of amides is 1. The maximum Gasteiger partial charge on any atom is 0.309 e. The van der Waals surface area contributed by atoms with E-state index >= 15 is 0 Å². The van der Waals surface area contributed by atoms with Crippen molar-refractivity contribution in [3.63, 3.8) is 0 Å². The van der Waals surface area contributed by atoms with Gasteiger partial charge in [0.25, 0.3) is 0 Å².